The first-order valence-corrected chi connectivity index (χ1v) is 10.6. The number of carbonyl (C=O) groups is 1. The van der Waals surface area contributed by atoms with Crippen molar-refractivity contribution in [3.63, 3.8) is 0 Å². The lowest BCUT2D eigenvalue weighted by Gasteiger charge is -2.16. The first-order chi connectivity index (χ1) is 14.9. The molecule has 0 atom stereocenters. The van der Waals surface area contributed by atoms with E-state index in [9.17, 15) is 9.59 Å². The number of aromatic nitrogens is 2. The number of nitrogens with one attached hydrogen (secondary N) is 1. The van der Waals surface area contributed by atoms with Crippen LogP contribution in [0.4, 0.5) is 5.69 Å². The first kappa shape index (κ1) is 22.5. The van der Waals surface area contributed by atoms with Crippen molar-refractivity contribution in [2.75, 3.05) is 32.4 Å². The second kappa shape index (κ2) is 9.74. The van der Waals surface area contributed by atoms with Crippen LogP contribution in [-0.4, -0.2) is 42.5 Å². The van der Waals surface area contributed by atoms with Gasteiger partial charge in [-0.25, -0.2) is 4.98 Å². The third kappa shape index (κ3) is 4.77. The Morgan fingerprint density at radius 1 is 1.10 bits per heavy atom. The van der Waals surface area contributed by atoms with Gasteiger partial charge >= 0.3 is 0 Å². The lowest BCUT2D eigenvalue weighted by atomic mass is 10.2. The fourth-order valence-corrected chi connectivity index (χ4v) is 4.09. The van der Waals surface area contributed by atoms with E-state index >= 15 is 0 Å². The predicted molar refractivity (Wildman–Crippen MR) is 122 cm³/mol. The maximum atomic E-state index is 12.9. The summed E-state index contributed by atoms with van der Waals surface area (Å²) in [6.07, 6.45) is 0. The van der Waals surface area contributed by atoms with Crippen molar-refractivity contribution in [1.82, 2.24) is 9.55 Å². The average Bonchev–Trinajstić information content (AvgIpc) is 2.76. The number of anilines is 1. The molecule has 1 amide bonds. The Hall–Kier alpha value is -3.20. The normalized spacial score (nSPS) is 10.9. The van der Waals surface area contributed by atoms with Gasteiger partial charge in [-0.05, 0) is 26.0 Å². The van der Waals surface area contributed by atoms with Gasteiger partial charge in [0.15, 0.2) is 16.7 Å². The van der Waals surface area contributed by atoms with Crippen LogP contribution in [0.3, 0.4) is 0 Å². The van der Waals surface area contributed by atoms with Gasteiger partial charge in [-0.3, -0.25) is 14.2 Å². The minimum atomic E-state index is -0.253. The number of carbonyl (C=O) groups excluding carboxylic acids is 1. The molecule has 0 saturated carbocycles. The molecule has 0 fully saturated rings. The molecule has 0 spiro atoms. The summed E-state index contributed by atoms with van der Waals surface area (Å²) >= 11 is 1.21. The highest BCUT2D eigenvalue weighted by molar-refractivity contribution is 7.99. The van der Waals surface area contributed by atoms with Crippen LogP contribution in [0, 0.1) is 0 Å². The first-order valence-electron chi connectivity index (χ1n) is 9.63. The van der Waals surface area contributed by atoms with Crippen molar-refractivity contribution in [3.05, 3.63) is 46.8 Å². The van der Waals surface area contributed by atoms with Gasteiger partial charge in [0, 0.05) is 23.9 Å². The Kier molecular flexibility index (Phi) is 7.06. The highest BCUT2D eigenvalue weighted by Gasteiger charge is 2.17. The van der Waals surface area contributed by atoms with Crippen molar-refractivity contribution < 1.29 is 19.0 Å². The summed E-state index contributed by atoms with van der Waals surface area (Å²) in [5, 5.41) is 3.88. The summed E-state index contributed by atoms with van der Waals surface area (Å²) in [5.41, 5.74) is 0.998. The summed E-state index contributed by atoms with van der Waals surface area (Å²) in [6, 6.07) is 10.4. The van der Waals surface area contributed by atoms with Crippen LogP contribution in [0.5, 0.6) is 17.2 Å². The molecule has 0 aliphatic heterocycles. The van der Waals surface area contributed by atoms with Crippen molar-refractivity contribution in [2.45, 2.75) is 25.0 Å². The van der Waals surface area contributed by atoms with Gasteiger partial charge in [0.25, 0.3) is 5.56 Å². The van der Waals surface area contributed by atoms with Gasteiger partial charge in [0.05, 0.1) is 38.0 Å². The highest BCUT2D eigenvalue weighted by Crippen LogP contribution is 2.40. The molecule has 31 heavy (non-hydrogen) atoms. The highest BCUT2D eigenvalue weighted by atomic mass is 32.2. The number of hydrogen-bond acceptors (Lipinski definition) is 7. The van der Waals surface area contributed by atoms with E-state index in [-0.39, 0.29) is 23.3 Å². The largest absolute Gasteiger partial charge is 0.493 e. The van der Waals surface area contributed by atoms with Gasteiger partial charge in [-0.2, -0.15) is 0 Å². The zero-order valence-corrected chi connectivity index (χ0v) is 18.9. The molecule has 0 aliphatic rings. The molecule has 8 nitrogen and oxygen atoms in total. The molecule has 2 aromatic carbocycles. The maximum Gasteiger partial charge on any atom is 0.262 e. The van der Waals surface area contributed by atoms with Gasteiger partial charge in [-0.15, -0.1) is 0 Å². The molecule has 0 bridgehead atoms. The molecule has 164 valence electrons. The number of ether oxygens (including phenoxy) is 3. The number of rotatable bonds is 8. The number of para-hydroxylation sites is 1. The van der Waals surface area contributed by atoms with E-state index in [0.29, 0.717) is 39.0 Å². The SMILES string of the molecule is COc1cc(NC(=O)CSc2nc3ccccc3c(=O)n2C(C)C)cc(OC)c1OC. The van der Waals surface area contributed by atoms with Crippen LogP contribution in [0.15, 0.2) is 46.3 Å². The number of thioether (sulfide) groups is 1. The Morgan fingerprint density at radius 3 is 2.32 bits per heavy atom. The topological polar surface area (TPSA) is 91.7 Å². The lowest BCUT2D eigenvalue weighted by Crippen LogP contribution is -2.25. The maximum absolute atomic E-state index is 12.9. The fraction of sp³-hybridized carbons (Fsp3) is 0.318. The average molecular weight is 444 g/mol. The molecule has 1 heterocycles. The van der Waals surface area contributed by atoms with Crippen molar-refractivity contribution in [1.29, 1.82) is 0 Å². The second-order valence-electron chi connectivity index (χ2n) is 6.93. The van der Waals surface area contributed by atoms with Crippen LogP contribution < -0.4 is 25.1 Å². The molecule has 0 radical (unpaired) electrons. The molecule has 9 heteroatoms. The van der Waals surface area contributed by atoms with E-state index in [1.807, 2.05) is 26.0 Å². The fourth-order valence-electron chi connectivity index (χ4n) is 3.16. The minimum Gasteiger partial charge on any atom is -0.493 e. The molecular formula is C22H25N3O5S. The third-order valence-corrected chi connectivity index (χ3v) is 5.53. The van der Waals surface area contributed by atoms with Crippen LogP contribution in [0.2, 0.25) is 0 Å². The zero-order valence-electron chi connectivity index (χ0n) is 18.1. The smallest absolute Gasteiger partial charge is 0.262 e. The van der Waals surface area contributed by atoms with Crippen molar-refractivity contribution in [2.24, 2.45) is 0 Å². The summed E-state index contributed by atoms with van der Waals surface area (Å²) < 4.78 is 17.5. The molecule has 0 aliphatic carbocycles. The molecule has 0 saturated heterocycles. The van der Waals surface area contributed by atoms with Crippen LogP contribution in [0.25, 0.3) is 10.9 Å². The molecule has 3 aromatic rings. The van der Waals surface area contributed by atoms with Gasteiger partial charge in [-0.1, -0.05) is 23.9 Å². The number of hydrogen-bond donors (Lipinski definition) is 1. The van der Waals surface area contributed by atoms with E-state index in [4.69, 9.17) is 14.2 Å². The predicted octanol–water partition coefficient (Wildman–Crippen LogP) is 3.73. The third-order valence-electron chi connectivity index (χ3n) is 4.57. The van der Waals surface area contributed by atoms with Crippen LogP contribution >= 0.6 is 11.8 Å². The molecule has 3 rings (SSSR count). The van der Waals surface area contributed by atoms with E-state index in [0.717, 1.165) is 0 Å². The minimum absolute atomic E-state index is 0.0775. The van der Waals surface area contributed by atoms with Crippen LogP contribution in [-0.2, 0) is 4.79 Å². The van der Waals surface area contributed by atoms with E-state index in [1.165, 1.54) is 33.1 Å². The Morgan fingerprint density at radius 2 is 1.74 bits per heavy atom. The van der Waals surface area contributed by atoms with E-state index < -0.39 is 0 Å². The quantitative estimate of drug-likeness (QED) is 0.419. The van der Waals surface area contributed by atoms with E-state index in [2.05, 4.69) is 10.3 Å². The zero-order chi connectivity index (χ0) is 22.5. The summed E-state index contributed by atoms with van der Waals surface area (Å²) in [5.74, 6) is 1.15. The Bertz CT molecular complexity index is 1130. The number of nitrogens with zero attached hydrogens (tertiary/aromatic N) is 2. The van der Waals surface area contributed by atoms with Gasteiger partial charge in [0.1, 0.15) is 0 Å². The summed E-state index contributed by atoms with van der Waals surface area (Å²) in [6.45, 7) is 3.83. The summed E-state index contributed by atoms with van der Waals surface area (Å²) in [7, 11) is 4.53. The monoisotopic (exact) mass is 443 g/mol. The number of fused-ring (bicyclic) bond motifs is 1. The summed E-state index contributed by atoms with van der Waals surface area (Å²) in [4.78, 5) is 30.1. The Balaban J connectivity index is 1.82. The van der Waals surface area contributed by atoms with E-state index in [1.54, 1.807) is 28.8 Å². The van der Waals surface area contributed by atoms with Crippen LogP contribution in [0.1, 0.15) is 19.9 Å². The molecular weight excluding hydrogens is 418 g/mol. The lowest BCUT2D eigenvalue weighted by molar-refractivity contribution is -0.113. The van der Waals surface area contributed by atoms with Gasteiger partial charge < -0.3 is 19.5 Å². The van der Waals surface area contributed by atoms with Crippen molar-refractivity contribution in [3.8, 4) is 17.2 Å². The molecule has 0 unspecified atom stereocenters. The molecule has 1 aromatic heterocycles. The molecule has 1 N–H and O–H groups in total. The standard InChI is InChI=1S/C22H25N3O5S/c1-13(2)25-21(27)15-8-6-7-9-16(15)24-22(25)31-12-19(26)23-14-10-17(28-3)20(30-5)18(11-14)29-4/h6-11,13H,12H2,1-5H3,(H,23,26). The number of benzene rings is 2. The Labute approximate surface area is 184 Å². The second-order valence-corrected chi connectivity index (χ2v) is 7.87. The number of methoxy groups -OCH3 is 3. The van der Waals surface area contributed by atoms with Crippen molar-refractivity contribution >= 4 is 34.3 Å². The number of amides is 1. The van der Waals surface area contributed by atoms with Gasteiger partial charge in [0.2, 0.25) is 11.7 Å².